The van der Waals surface area contributed by atoms with E-state index in [0.29, 0.717) is 6.54 Å². The van der Waals surface area contributed by atoms with Gasteiger partial charge in [0.15, 0.2) is 0 Å². The second kappa shape index (κ2) is 5.79. The summed E-state index contributed by atoms with van der Waals surface area (Å²) in [5.74, 6) is -1.30. The summed E-state index contributed by atoms with van der Waals surface area (Å²) in [5.41, 5.74) is 5.22. The highest BCUT2D eigenvalue weighted by atomic mass is 35.5. The molecule has 0 aromatic heterocycles. The van der Waals surface area contributed by atoms with Crippen molar-refractivity contribution in [2.24, 2.45) is 5.73 Å². The number of carboxylic acids is 1. The first-order valence-corrected chi connectivity index (χ1v) is 3.92. The molecule has 0 heterocycles. The fourth-order valence-corrected chi connectivity index (χ4v) is 0.677. The third kappa shape index (κ3) is 4.92. The lowest BCUT2D eigenvalue weighted by Gasteiger charge is -2.08. The van der Waals surface area contributed by atoms with E-state index in [1.165, 1.54) is 0 Å². The minimum atomic E-state index is -1.09. The van der Waals surface area contributed by atoms with Crippen LogP contribution in [-0.4, -0.2) is 35.4 Å². The van der Waals surface area contributed by atoms with Gasteiger partial charge in [0.05, 0.1) is 12.5 Å². The number of hydrogen-bond acceptors (Lipinski definition) is 3. The zero-order valence-electron chi connectivity index (χ0n) is 6.42. The molecule has 6 heteroatoms. The Morgan fingerprint density at radius 3 is 2.58 bits per heavy atom. The van der Waals surface area contributed by atoms with Gasteiger partial charge in [0.25, 0.3) is 0 Å². The second-order valence-corrected chi connectivity index (χ2v) is 2.56. The van der Waals surface area contributed by atoms with Crippen molar-refractivity contribution in [3.05, 3.63) is 0 Å². The monoisotopic (exact) mass is 194 g/mol. The molecule has 70 valence electrons. The Hall–Kier alpha value is -0.810. The van der Waals surface area contributed by atoms with E-state index in [4.69, 9.17) is 22.4 Å². The number of hydrogen-bond donors (Lipinski definition) is 3. The van der Waals surface area contributed by atoms with Crippen LogP contribution >= 0.6 is 11.6 Å². The van der Waals surface area contributed by atoms with Crippen LogP contribution in [0.4, 0.5) is 0 Å². The highest BCUT2D eigenvalue weighted by molar-refractivity contribution is 6.18. The number of carbonyl (C=O) groups is 2. The number of nitrogens with one attached hydrogen (secondary N) is 1. The summed E-state index contributed by atoms with van der Waals surface area (Å²) in [4.78, 5) is 21.0. The van der Waals surface area contributed by atoms with E-state index in [-0.39, 0.29) is 12.3 Å². The van der Waals surface area contributed by atoms with Crippen molar-refractivity contribution in [3.63, 3.8) is 0 Å². The number of carboxylic acid groups (broad SMARTS) is 1. The zero-order chi connectivity index (χ0) is 9.56. The van der Waals surface area contributed by atoms with Gasteiger partial charge in [-0.25, -0.2) is 0 Å². The molecule has 0 fully saturated rings. The number of nitrogens with two attached hydrogens (primary N) is 1. The molecule has 0 rings (SSSR count). The topological polar surface area (TPSA) is 92.4 Å². The molecule has 5 nitrogen and oxygen atoms in total. The maximum atomic E-state index is 10.9. The summed E-state index contributed by atoms with van der Waals surface area (Å²) in [6.07, 6.45) is -0.367. The van der Waals surface area contributed by atoms with Gasteiger partial charge in [-0.05, 0) is 0 Å². The molecule has 0 radical (unpaired) electrons. The first-order valence-electron chi connectivity index (χ1n) is 3.39. The van der Waals surface area contributed by atoms with Gasteiger partial charge in [-0.1, -0.05) is 0 Å². The average Bonchev–Trinajstić information content (AvgIpc) is 1.98. The first-order chi connectivity index (χ1) is 5.57. The Morgan fingerprint density at radius 1 is 1.58 bits per heavy atom. The Morgan fingerprint density at radius 2 is 2.17 bits per heavy atom. The Bertz CT molecular complexity index is 174. The van der Waals surface area contributed by atoms with E-state index in [9.17, 15) is 9.59 Å². The van der Waals surface area contributed by atoms with Crippen LogP contribution in [0.3, 0.4) is 0 Å². The molecule has 0 spiro atoms. The number of carbonyl (C=O) groups excluding carboxylic acids is 1. The molecule has 0 aromatic rings. The van der Waals surface area contributed by atoms with Gasteiger partial charge < -0.3 is 16.2 Å². The normalized spacial score (nSPS) is 12.2. The van der Waals surface area contributed by atoms with Gasteiger partial charge in [-0.15, -0.1) is 11.6 Å². The number of rotatable bonds is 5. The lowest BCUT2D eigenvalue weighted by Crippen LogP contribution is -2.42. The van der Waals surface area contributed by atoms with Crippen LogP contribution in [-0.2, 0) is 9.59 Å². The lowest BCUT2D eigenvalue weighted by molar-refractivity contribution is -0.139. The summed E-state index contributed by atoms with van der Waals surface area (Å²) < 4.78 is 0. The fourth-order valence-electron chi connectivity index (χ4n) is 0.582. The molecule has 0 saturated carbocycles. The summed E-state index contributed by atoms with van der Waals surface area (Å²) >= 11 is 5.28. The van der Waals surface area contributed by atoms with Gasteiger partial charge in [0.1, 0.15) is 0 Å². The quantitative estimate of drug-likeness (QED) is 0.497. The number of alkyl halides is 1. The summed E-state index contributed by atoms with van der Waals surface area (Å²) in [6.45, 7) is 0.299. The maximum absolute atomic E-state index is 10.9. The van der Waals surface area contributed by atoms with Crippen LogP contribution < -0.4 is 11.1 Å². The molecule has 1 amide bonds. The standard InChI is InChI=1S/C6H11ClN2O3/c7-1-2-9-6(12)4(8)3-5(10)11/h4H,1-3,8H2,(H,9,12)(H,10,11)/t4-/m0/s1. The molecule has 0 aliphatic heterocycles. The summed E-state index contributed by atoms with van der Waals surface area (Å²) in [7, 11) is 0. The van der Waals surface area contributed by atoms with Crippen LogP contribution in [0.5, 0.6) is 0 Å². The minimum Gasteiger partial charge on any atom is -0.481 e. The number of aliphatic carboxylic acids is 1. The van der Waals surface area contributed by atoms with Crippen LogP contribution in [0.25, 0.3) is 0 Å². The zero-order valence-corrected chi connectivity index (χ0v) is 7.17. The van der Waals surface area contributed by atoms with E-state index in [1.807, 2.05) is 0 Å². The predicted molar refractivity (Wildman–Crippen MR) is 44.0 cm³/mol. The van der Waals surface area contributed by atoms with Crippen molar-refractivity contribution in [2.75, 3.05) is 12.4 Å². The van der Waals surface area contributed by atoms with Crippen molar-refractivity contribution in [2.45, 2.75) is 12.5 Å². The minimum absolute atomic E-state index is 0.283. The molecule has 0 aromatic carbocycles. The Labute approximate surface area is 74.9 Å². The SMILES string of the molecule is N[C@@H](CC(=O)O)C(=O)NCCCl. The second-order valence-electron chi connectivity index (χ2n) is 2.18. The lowest BCUT2D eigenvalue weighted by atomic mass is 10.2. The summed E-state index contributed by atoms with van der Waals surface area (Å²) in [6, 6.07) is -0.995. The number of halogens is 1. The van der Waals surface area contributed by atoms with E-state index >= 15 is 0 Å². The largest absolute Gasteiger partial charge is 0.481 e. The van der Waals surface area contributed by atoms with Crippen LogP contribution in [0.1, 0.15) is 6.42 Å². The smallest absolute Gasteiger partial charge is 0.305 e. The van der Waals surface area contributed by atoms with E-state index in [0.717, 1.165) is 0 Å². The van der Waals surface area contributed by atoms with Crippen molar-refractivity contribution >= 4 is 23.5 Å². The van der Waals surface area contributed by atoms with Gasteiger partial charge >= 0.3 is 5.97 Å². The number of amides is 1. The van der Waals surface area contributed by atoms with Crippen LogP contribution in [0.2, 0.25) is 0 Å². The van der Waals surface area contributed by atoms with Gasteiger partial charge in [0.2, 0.25) is 5.91 Å². The Kier molecular flexibility index (Phi) is 5.40. The molecule has 0 bridgehead atoms. The molecule has 0 aliphatic rings. The van der Waals surface area contributed by atoms with Crippen LogP contribution in [0, 0.1) is 0 Å². The van der Waals surface area contributed by atoms with Crippen molar-refractivity contribution < 1.29 is 14.7 Å². The van der Waals surface area contributed by atoms with Gasteiger partial charge in [-0.2, -0.15) is 0 Å². The summed E-state index contributed by atoms with van der Waals surface area (Å²) in [5, 5.41) is 10.7. The molecule has 0 saturated heterocycles. The molecule has 0 aliphatic carbocycles. The van der Waals surface area contributed by atoms with E-state index < -0.39 is 17.9 Å². The highest BCUT2D eigenvalue weighted by Gasteiger charge is 2.15. The predicted octanol–water partition coefficient (Wildman–Crippen LogP) is -0.857. The Balaban J connectivity index is 3.69. The van der Waals surface area contributed by atoms with Crippen molar-refractivity contribution in [1.82, 2.24) is 5.32 Å². The molecule has 12 heavy (non-hydrogen) atoms. The molecular weight excluding hydrogens is 184 g/mol. The van der Waals surface area contributed by atoms with Crippen LogP contribution in [0.15, 0.2) is 0 Å². The van der Waals surface area contributed by atoms with Crippen molar-refractivity contribution in [3.8, 4) is 0 Å². The van der Waals surface area contributed by atoms with Gasteiger partial charge in [-0.3, -0.25) is 9.59 Å². The third-order valence-electron chi connectivity index (χ3n) is 1.13. The first kappa shape index (κ1) is 11.2. The highest BCUT2D eigenvalue weighted by Crippen LogP contribution is 1.87. The average molecular weight is 195 g/mol. The molecule has 4 N–H and O–H groups in total. The molecule has 0 unspecified atom stereocenters. The molecule has 1 atom stereocenters. The fraction of sp³-hybridized carbons (Fsp3) is 0.667. The third-order valence-corrected chi connectivity index (χ3v) is 1.31. The van der Waals surface area contributed by atoms with E-state index in [2.05, 4.69) is 5.32 Å². The molecular formula is C6H11ClN2O3. The van der Waals surface area contributed by atoms with Gasteiger partial charge in [0, 0.05) is 12.4 Å². The van der Waals surface area contributed by atoms with E-state index in [1.54, 1.807) is 0 Å². The van der Waals surface area contributed by atoms with Crippen molar-refractivity contribution in [1.29, 1.82) is 0 Å². The maximum Gasteiger partial charge on any atom is 0.305 e.